The molecule has 0 radical (unpaired) electrons. The quantitative estimate of drug-likeness (QED) is 0.747. The van der Waals surface area contributed by atoms with Crippen LogP contribution in [0.25, 0.3) is 0 Å². The Morgan fingerprint density at radius 1 is 0.864 bits per heavy atom. The molecule has 2 aliphatic rings. The van der Waals surface area contributed by atoms with Crippen LogP contribution in [-0.4, -0.2) is 28.7 Å². The van der Waals surface area contributed by atoms with E-state index < -0.39 is 12.0 Å². The van der Waals surface area contributed by atoms with E-state index in [2.05, 4.69) is 0 Å². The van der Waals surface area contributed by atoms with Crippen molar-refractivity contribution < 1.29 is 29.5 Å². The Morgan fingerprint density at radius 2 is 1.64 bits per heavy atom. The third kappa shape index (κ3) is 1.92. The average molecular weight is 302 g/mol. The maximum atomic E-state index is 10.6. The molecular weight excluding hydrogens is 288 g/mol. The molecule has 0 aromatic heterocycles. The highest BCUT2D eigenvalue weighted by atomic mass is 16.7. The number of rotatable bonds is 1. The van der Waals surface area contributed by atoms with Crippen LogP contribution in [0.4, 0.5) is 0 Å². The number of aliphatic hydroxyl groups excluding tert-OH is 1. The van der Waals surface area contributed by atoms with Crippen molar-refractivity contribution >= 4 is 0 Å². The van der Waals surface area contributed by atoms with Crippen molar-refractivity contribution in [2.45, 2.75) is 12.0 Å². The Balaban J connectivity index is 1.74. The monoisotopic (exact) mass is 302 g/mol. The molecule has 2 atom stereocenters. The van der Waals surface area contributed by atoms with Gasteiger partial charge in [0.25, 0.3) is 0 Å². The molecule has 22 heavy (non-hydrogen) atoms. The normalized spacial score (nSPS) is 22.0. The maximum absolute atomic E-state index is 10.6. The van der Waals surface area contributed by atoms with Crippen LogP contribution >= 0.6 is 0 Å². The lowest BCUT2D eigenvalue weighted by molar-refractivity contribution is 0.0875. The molecule has 2 aromatic rings. The smallest absolute Gasteiger partial charge is 0.231 e. The molecule has 0 bridgehead atoms. The molecule has 4 rings (SSSR count). The van der Waals surface area contributed by atoms with Crippen molar-refractivity contribution in [3.05, 3.63) is 41.5 Å². The molecule has 0 unspecified atom stereocenters. The first-order chi connectivity index (χ1) is 10.6. The molecule has 0 saturated carbocycles. The second kappa shape index (κ2) is 4.71. The van der Waals surface area contributed by atoms with Gasteiger partial charge in [-0.3, -0.25) is 0 Å². The molecule has 2 aromatic carbocycles. The van der Waals surface area contributed by atoms with Crippen molar-refractivity contribution in [1.82, 2.24) is 0 Å². The van der Waals surface area contributed by atoms with Gasteiger partial charge in [0.05, 0.1) is 18.6 Å². The van der Waals surface area contributed by atoms with E-state index in [1.54, 1.807) is 18.2 Å². The number of aromatic hydroxyl groups is 2. The molecule has 3 N–H and O–H groups in total. The molecular formula is C16H14O6. The third-order valence-corrected chi connectivity index (χ3v) is 4.04. The number of phenols is 2. The fourth-order valence-corrected chi connectivity index (χ4v) is 2.89. The number of benzene rings is 2. The van der Waals surface area contributed by atoms with Crippen LogP contribution in [0.15, 0.2) is 30.3 Å². The Kier molecular flexibility index (Phi) is 2.80. The second-order valence-corrected chi connectivity index (χ2v) is 5.35. The number of fused-ring (bicyclic) bond motifs is 2. The van der Waals surface area contributed by atoms with Crippen molar-refractivity contribution in [3.8, 4) is 28.7 Å². The van der Waals surface area contributed by atoms with E-state index in [0.29, 0.717) is 28.4 Å². The topological polar surface area (TPSA) is 88.4 Å². The summed E-state index contributed by atoms with van der Waals surface area (Å²) >= 11 is 0. The minimum Gasteiger partial charge on any atom is -0.508 e. The molecule has 6 nitrogen and oxygen atoms in total. The number of hydrogen-bond acceptors (Lipinski definition) is 6. The highest BCUT2D eigenvalue weighted by Gasteiger charge is 2.34. The first-order valence-corrected chi connectivity index (χ1v) is 6.90. The van der Waals surface area contributed by atoms with Crippen LogP contribution in [0.3, 0.4) is 0 Å². The van der Waals surface area contributed by atoms with E-state index in [1.165, 1.54) is 12.1 Å². The van der Waals surface area contributed by atoms with Gasteiger partial charge in [0, 0.05) is 23.3 Å². The Morgan fingerprint density at radius 3 is 2.41 bits per heavy atom. The fraction of sp³-hybridized carbons (Fsp3) is 0.250. The summed E-state index contributed by atoms with van der Waals surface area (Å²) in [4.78, 5) is 0. The predicted octanol–water partition coefficient (Wildman–Crippen LogP) is 2.04. The van der Waals surface area contributed by atoms with Crippen LogP contribution < -0.4 is 14.2 Å². The van der Waals surface area contributed by atoms with Gasteiger partial charge >= 0.3 is 0 Å². The van der Waals surface area contributed by atoms with E-state index in [4.69, 9.17) is 14.2 Å². The summed E-state index contributed by atoms with van der Waals surface area (Å²) in [7, 11) is 0. The van der Waals surface area contributed by atoms with Crippen molar-refractivity contribution in [2.24, 2.45) is 0 Å². The highest BCUT2D eigenvalue weighted by molar-refractivity contribution is 5.54. The van der Waals surface area contributed by atoms with Gasteiger partial charge < -0.3 is 29.5 Å². The van der Waals surface area contributed by atoms with Gasteiger partial charge in [0.2, 0.25) is 6.79 Å². The summed E-state index contributed by atoms with van der Waals surface area (Å²) < 4.78 is 16.3. The molecule has 0 saturated heterocycles. The van der Waals surface area contributed by atoms with Crippen LogP contribution in [-0.2, 0) is 0 Å². The van der Waals surface area contributed by atoms with E-state index in [-0.39, 0.29) is 24.9 Å². The van der Waals surface area contributed by atoms with E-state index in [1.807, 2.05) is 0 Å². The summed E-state index contributed by atoms with van der Waals surface area (Å²) in [6.07, 6.45) is -0.853. The Bertz CT molecular complexity index is 742. The number of aliphatic hydroxyl groups is 1. The van der Waals surface area contributed by atoms with Crippen molar-refractivity contribution in [1.29, 1.82) is 0 Å². The van der Waals surface area contributed by atoms with Gasteiger partial charge in [-0.2, -0.15) is 0 Å². The third-order valence-electron chi connectivity index (χ3n) is 4.04. The van der Waals surface area contributed by atoms with E-state index in [0.717, 1.165) is 0 Å². The largest absolute Gasteiger partial charge is 0.508 e. The summed E-state index contributed by atoms with van der Waals surface area (Å²) in [5, 5.41) is 30.0. The molecule has 114 valence electrons. The number of ether oxygens (including phenoxy) is 3. The lowest BCUT2D eigenvalue weighted by atomic mass is 9.87. The van der Waals surface area contributed by atoms with Crippen LogP contribution in [0.5, 0.6) is 28.7 Å². The molecule has 2 aliphatic heterocycles. The van der Waals surface area contributed by atoms with Crippen molar-refractivity contribution in [2.75, 3.05) is 13.4 Å². The second-order valence-electron chi connectivity index (χ2n) is 5.35. The Hall–Kier alpha value is -2.60. The standard InChI is InChI=1S/C16H14O6/c17-8-1-2-9(12(18)3-8)11-6-20-13-5-15-14(21-7-22-15)4-10(13)16(11)19/h1-5,11,16-19H,6-7H2/t11-,16-/m0/s1. The lowest BCUT2D eigenvalue weighted by Crippen LogP contribution is -2.24. The zero-order chi connectivity index (χ0) is 15.3. The average Bonchev–Trinajstić information content (AvgIpc) is 2.94. The summed E-state index contributed by atoms with van der Waals surface area (Å²) in [6.45, 7) is 0.364. The van der Waals surface area contributed by atoms with E-state index in [9.17, 15) is 15.3 Å². The first-order valence-electron chi connectivity index (χ1n) is 6.90. The lowest BCUT2D eigenvalue weighted by Gasteiger charge is -2.31. The van der Waals surface area contributed by atoms with Crippen molar-refractivity contribution in [3.63, 3.8) is 0 Å². The van der Waals surface area contributed by atoms with Gasteiger partial charge in [0.1, 0.15) is 17.2 Å². The Labute approximate surface area is 126 Å². The maximum Gasteiger partial charge on any atom is 0.231 e. The highest BCUT2D eigenvalue weighted by Crippen LogP contribution is 2.48. The van der Waals surface area contributed by atoms with Gasteiger partial charge in [-0.05, 0) is 12.1 Å². The SMILES string of the molecule is Oc1ccc([C@@H]2COc3cc4c(cc3[C@@H]2O)OCO4)c(O)c1. The van der Waals surface area contributed by atoms with Crippen LogP contribution in [0.2, 0.25) is 0 Å². The molecule has 0 fully saturated rings. The summed E-state index contributed by atoms with van der Waals surface area (Å²) in [5.74, 6) is 1.17. The molecule has 0 amide bonds. The van der Waals surface area contributed by atoms with E-state index >= 15 is 0 Å². The summed E-state index contributed by atoms with van der Waals surface area (Å²) in [5.41, 5.74) is 1.11. The van der Waals surface area contributed by atoms with Crippen LogP contribution in [0, 0.1) is 0 Å². The van der Waals surface area contributed by atoms with Gasteiger partial charge in [0.15, 0.2) is 11.5 Å². The summed E-state index contributed by atoms with van der Waals surface area (Å²) in [6, 6.07) is 7.70. The molecule has 2 heterocycles. The zero-order valence-corrected chi connectivity index (χ0v) is 11.5. The fourth-order valence-electron chi connectivity index (χ4n) is 2.89. The molecule has 6 heteroatoms. The van der Waals surface area contributed by atoms with Crippen LogP contribution in [0.1, 0.15) is 23.1 Å². The zero-order valence-electron chi connectivity index (χ0n) is 11.5. The van der Waals surface area contributed by atoms with Gasteiger partial charge in [-0.25, -0.2) is 0 Å². The predicted molar refractivity (Wildman–Crippen MR) is 75.5 cm³/mol. The molecule has 0 aliphatic carbocycles. The van der Waals surface area contributed by atoms with Gasteiger partial charge in [-0.15, -0.1) is 0 Å². The number of hydrogen-bond donors (Lipinski definition) is 3. The minimum absolute atomic E-state index is 0.0313. The van der Waals surface area contributed by atoms with Gasteiger partial charge in [-0.1, -0.05) is 6.07 Å². The molecule has 0 spiro atoms. The minimum atomic E-state index is -0.853. The number of phenolic OH excluding ortho intramolecular Hbond substituents is 2. The first kappa shape index (κ1) is 13.1.